The number of para-hydroxylation sites is 2. The van der Waals surface area contributed by atoms with Gasteiger partial charge in [-0.3, -0.25) is 9.59 Å². The summed E-state index contributed by atoms with van der Waals surface area (Å²) < 4.78 is 30.0. The number of fused-ring (bicyclic) bond motifs is 1. The van der Waals surface area contributed by atoms with Crippen LogP contribution in [-0.4, -0.2) is 33.4 Å². The number of hydrogen-bond acceptors (Lipinski definition) is 3. The summed E-state index contributed by atoms with van der Waals surface area (Å²) in [5.74, 6) is -5.36. The number of alkyl halides is 2. The van der Waals surface area contributed by atoms with Crippen molar-refractivity contribution in [1.82, 2.24) is 14.5 Å². The number of rotatable bonds is 4. The Bertz CT molecular complexity index is 767. The van der Waals surface area contributed by atoms with Crippen LogP contribution in [0.2, 0.25) is 0 Å². The average molecular weight is 309 g/mol. The maximum Gasteiger partial charge on any atom is 0.371 e. The topological polar surface area (TPSA) is 55.2 Å². The monoisotopic (exact) mass is 309 g/mol. The molecule has 0 unspecified atom stereocenters. The first-order valence-electron chi connectivity index (χ1n) is 6.98. The van der Waals surface area contributed by atoms with Crippen molar-refractivity contribution < 1.29 is 13.6 Å². The van der Waals surface area contributed by atoms with Crippen molar-refractivity contribution in [2.45, 2.75) is 19.8 Å². The van der Waals surface area contributed by atoms with E-state index >= 15 is 0 Å². The number of aryl methyl sites for hydroxylation is 1. The van der Waals surface area contributed by atoms with E-state index in [0.717, 1.165) is 9.47 Å². The van der Waals surface area contributed by atoms with Crippen molar-refractivity contribution in [2.24, 2.45) is 7.05 Å². The fraction of sp³-hybridized carbons (Fsp3) is 0.400. The number of carbonyl (C=O) groups is 1. The molecule has 22 heavy (non-hydrogen) atoms. The molecule has 0 aliphatic rings. The molecule has 7 heteroatoms. The molecule has 0 N–H and O–H groups in total. The highest BCUT2D eigenvalue weighted by atomic mass is 19.3. The van der Waals surface area contributed by atoms with Crippen LogP contribution in [0.5, 0.6) is 0 Å². The molecule has 1 heterocycles. The van der Waals surface area contributed by atoms with Crippen LogP contribution in [0, 0.1) is 0 Å². The molecule has 5 nitrogen and oxygen atoms in total. The molecule has 1 amide bonds. The highest BCUT2D eigenvalue weighted by molar-refractivity contribution is 5.85. The summed E-state index contributed by atoms with van der Waals surface area (Å²) in [6, 6.07) is 6.45. The van der Waals surface area contributed by atoms with Gasteiger partial charge in [0.25, 0.3) is 11.5 Å². The summed E-state index contributed by atoms with van der Waals surface area (Å²) in [6.45, 7) is 3.48. The molecule has 2 aromatic rings. The van der Waals surface area contributed by atoms with Gasteiger partial charge in [-0.25, -0.2) is 4.98 Å². The summed E-state index contributed by atoms with van der Waals surface area (Å²) in [4.78, 5) is 28.9. The molecule has 1 aromatic heterocycles. The summed E-state index contributed by atoms with van der Waals surface area (Å²) >= 11 is 0. The van der Waals surface area contributed by atoms with E-state index in [-0.39, 0.29) is 18.6 Å². The van der Waals surface area contributed by atoms with Gasteiger partial charge in [0.05, 0.1) is 11.0 Å². The smallest absolute Gasteiger partial charge is 0.338 e. The van der Waals surface area contributed by atoms with Crippen molar-refractivity contribution in [3.8, 4) is 0 Å². The van der Waals surface area contributed by atoms with Gasteiger partial charge in [0, 0.05) is 20.1 Å². The third-order valence-corrected chi connectivity index (χ3v) is 3.60. The molecule has 0 radical (unpaired) electrons. The Morgan fingerprint density at radius 1 is 1.27 bits per heavy atom. The molecule has 0 bridgehead atoms. The number of benzene rings is 1. The Balaban J connectivity index is 2.65. The Morgan fingerprint density at radius 2 is 1.86 bits per heavy atom. The lowest BCUT2D eigenvalue weighted by Gasteiger charge is -2.24. The number of carbonyl (C=O) groups excluding carboxylic acids is 1. The van der Waals surface area contributed by atoms with Crippen molar-refractivity contribution in [3.63, 3.8) is 0 Å². The highest BCUT2D eigenvalue weighted by Gasteiger charge is 2.47. The second kappa shape index (κ2) is 5.82. The first kappa shape index (κ1) is 16.1. The highest BCUT2D eigenvalue weighted by Crippen LogP contribution is 2.27. The maximum atomic E-state index is 14.5. The fourth-order valence-corrected chi connectivity index (χ4v) is 2.29. The zero-order valence-electron chi connectivity index (χ0n) is 12.6. The average Bonchev–Trinajstić information content (AvgIpc) is 2.51. The largest absolute Gasteiger partial charge is 0.371 e. The van der Waals surface area contributed by atoms with Gasteiger partial charge in [-0.1, -0.05) is 12.1 Å². The van der Waals surface area contributed by atoms with Crippen LogP contribution in [0.15, 0.2) is 29.1 Å². The van der Waals surface area contributed by atoms with E-state index in [1.165, 1.54) is 13.1 Å². The number of aromatic nitrogens is 2. The number of amides is 1. The standard InChI is InChI=1S/C15H17F2N3O2/c1-4-20(5-2)14(22)15(16,17)12-13(21)19(3)11-9-7-6-8-10(11)18-12/h6-9H,4-5H2,1-3H3. The third-order valence-electron chi connectivity index (χ3n) is 3.60. The van der Waals surface area contributed by atoms with Crippen LogP contribution in [0.4, 0.5) is 8.78 Å². The quantitative estimate of drug-likeness (QED) is 0.866. The molecule has 0 saturated heterocycles. The molecule has 118 valence electrons. The molecule has 0 aliphatic heterocycles. The van der Waals surface area contributed by atoms with Gasteiger partial charge < -0.3 is 9.47 Å². The Hall–Kier alpha value is -2.31. The summed E-state index contributed by atoms with van der Waals surface area (Å²) in [7, 11) is 1.38. The molecular weight excluding hydrogens is 292 g/mol. The van der Waals surface area contributed by atoms with Gasteiger partial charge in [0.1, 0.15) is 0 Å². The van der Waals surface area contributed by atoms with Crippen LogP contribution in [0.1, 0.15) is 19.5 Å². The minimum atomic E-state index is -3.95. The van der Waals surface area contributed by atoms with E-state index in [9.17, 15) is 18.4 Å². The van der Waals surface area contributed by atoms with E-state index in [1.54, 1.807) is 32.0 Å². The van der Waals surface area contributed by atoms with Crippen LogP contribution in [-0.2, 0) is 17.8 Å². The molecule has 0 saturated carbocycles. The van der Waals surface area contributed by atoms with E-state index < -0.39 is 23.1 Å². The van der Waals surface area contributed by atoms with Crippen molar-refractivity contribution in [1.29, 1.82) is 0 Å². The maximum absolute atomic E-state index is 14.5. The molecule has 0 spiro atoms. The lowest BCUT2D eigenvalue weighted by Crippen LogP contribution is -2.45. The zero-order chi connectivity index (χ0) is 16.5. The van der Waals surface area contributed by atoms with Crippen LogP contribution < -0.4 is 5.56 Å². The minimum Gasteiger partial charge on any atom is -0.338 e. The Labute approximate surface area is 126 Å². The zero-order valence-corrected chi connectivity index (χ0v) is 12.6. The molecule has 1 aromatic carbocycles. The van der Waals surface area contributed by atoms with Crippen molar-refractivity contribution in [2.75, 3.05) is 13.1 Å². The van der Waals surface area contributed by atoms with Gasteiger partial charge in [0.2, 0.25) is 0 Å². The number of halogens is 2. The Kier molecular flexibility index (Phi) is 4.25. The minimum absolute atomic E-state index is 0.138. The van der Waals surface area contributed by atoms with E-state index in [4.69, 9.17) is 0 Å². The number of hydrogen-bond donors (Lipinski definition) is 0. The van der Waals surface area contributed by atoms with Gasteiger partial charge in [-0.15, -0.1) is 0 Å². The second-order valence-corrected chi connectivity index (χ2v) is 4.87. The predicted octanol–water partition coefficient (Wildman–Crippen LogP) is 1.89. The Morgan fingerprint density at radius 3 is 2.45 bits per heavy atom. The lowest BCUT2D eigenvalue weighted by molar-refractivity contribution is -0.159. The van der Waals surface area contributed by atoms with Gasteiger partial charge in [0.15, 0.2) is 5.69 Å². The fourth-order valence-electron chi connectivity index (χ4n) is 2.29. The van der Waals surface area contributed by atoms with Gasteiger partial charge >= 0.3 is 5.92 Å². The SMILES string of the molecule is CCN(CC)C(=O)C(F)(F)c1nc2ccccc2n(C)c1=O. The molecule has 0 aliphatic carbocycles. The van der Waals surface area contributed by atoms with Crippen LogP contribution in [0.3, 0.4) is 0 Å². The lowest BCUT2D eigenvalue weighted by atomic mass is 10.2. The molecule has 0 atom stereocenters. The van der Waals surface area contributed by atoms with Crippen molar-refractivity contribution in [3.05, 3.63) is 40.3 Å². The number of likely N-dealkylation sites (N-methyl/N-ethyl adjacent to an activating group) is 1. The first-order chi connectivity index (χ1) is 10.3. The van der Waals surface area contributed by atoms with Crippen LogP contribution in [0.25, 0.3) is 11.0 Å². The summed E-state index contributed by atoms with van der Waals surface area (Å²) in [6.07, 6.45) is 0. The molecule has 2 rings (SSSR count). The number of nitrogens with zero attached hydrogens (tertiary/aromatic N) is 3. The first-order valence-corrected chi connectivity index (χ1v) is 6.98. The van der Waals surface area contributed by atoms with Gasteiger partial charge in [-0.05, 0) is 26.0 Å². The van der Waals surface area contributed by atoms with Crippen molar-refractivity contribution >= 4 is 16.9 Å². The third kappa shape index (κ3) is 2.47. The van der Waals surface area contributed by atoms with E-state index in [2.05, 4.69) is 4.98 Å². The summed E-state index contributed by atoms with van der Waals surface area (Å²) in [5, 5.41) is 0. The van der Waals surface area contributed by atoms with E-state index in [0.29, 0.717) is 5.52 Å². The van der Waals surface area contributed by atoms with E-state index in [1.807, 2.05) is 0 Å². The summed E-state index contributed by atoms with van der Waals surface area (Å²) in [5.41, 5.74) is -1.33. The van der Waals surface area contributed by atoms with Crippen LogP contribution >= 0.6 is 0 Å². The molecular formula is C15H17F2N3O2. The van der Waals surface area contributed by atoms with Gasteiger partial charge in [-0.2, -0.15) is 8.78 Å². The predicted molar refractivity (Wildman–Crippen MR) is 78.8 cm³/mol. The second-order valence-electron chi connectivity index (χ2n) is 4.87. The molecule has 0 fully saturated rings. The normalized spacial score (nSPS) is 11.7.